The van der Waals surface area contributed by atoms with Crippen molar-refractivity contribution in [2.45, 2.75) is 51.9 Å². The Hall–Kier alpha value is -0.216. The van der Waals surface area contributed by atoms with Gasteiger partial charge in [0.05, 0.1) is 0 Å². The van der Waals surface area contributed by atoms with Gasteiger partial charge in [0.2, 0.25) is 0 Å². The Bertz CT molecular complexity index is 300. The zero-order valence-corrected chi connectivity index (χ0v) is 13.4. The van der Waals surface area contributed by atoms with E-state index in [0.717, 1.165) is 0 Å². The van der Waals surface area contributed by atoms with Crippen LogP contribution in [0.2, 0.25) is 39.3 Å². The molecule has 0 bridgehead atoms. The van der Waals surface area contributed by atoms with Crippen molar-refractivity contribution < 1.29 is 13.2 Å². The molecule has 0 saturated carbocycles. The average Bonchev–Trinajstić information content (AvgIpc) is 2.05. The van der Waals surface area contributed by atoms with Crippen LogP contribution in [-0.2, 0) is 8.85 Å². The molecule has 2 N–H and O–H groups in total. The second-order valence-corrected chi connectivity index (χ2v) is 15.0. The summed E-state index contributed by atoms with van der Waals surface area (Å²) in [5.74, 6) is -0.331. The summed E-state index contributed by atoms with van der Waals surface area (Å²) in [5.41, 5.74) is 0. The fourth-order valence-electron chi connectivity index (χ4n) is 1.36. The zero-order chi connectivity index (χ0) is 13.3. The van der Waals surface area contributed by atoms with E-state index in [4.69, 9.17) is 8.85 Å². The Morgan fingerprint density at radius 3 is 2.06 bits per heavy atom. The van der Waals surface area contributed by atoms with Gasteiger partial charge >= 0.3 is 0 Å². The molecule has 100 valence electrons. The maximum absolute atomic E-state index is 13.6. The monoisotopic (exact) mass is 278 g/mol. The molecule has 1 heterocycles. The van der Waals surface area contributed by atoms with Gasteiger partial charge < -0.3 is 14.2 Å². The van der Waals surface area contributed by atoms with Crippen LogP contribution in [0.25, 0.3) is 0 Å². The van der Waals surface area contributed by atoms with Gasteiger partial charge in [-0.1, -0.05) is 0 Å². The van der Waals surface area contributed by atoms with Crippen LogP contribution < -0.4 is 10.6 Å². The van der Waals surface area contributed by atoms with Crippen molar-refractivity contribution in [2.75, 3.05) is 0 Å². The Labute approximate surface area is 105 Å². The van der Waals surface area contributed by atoms with Crippen molar-refractivity contribution >= 4 is 16.6 Å². The quantitative estimate of drug-likeness (QED) is 0.775. The van der Waals surface area contributed by atoms with E-state index in [1.165, 1.54) is 6.20 Å². The van der Waals surface area contributed by atoms with Crippen LogP contribution in [0.1, 0.15) is 0 Å². The first-order valence-electron chi connectivity index (χ1n) is 5.80. The minimum Gasteiger partial charge on any atom is -0.397 e. The zero-order valence-electron chi connectivity index (χ0n) is 11.4. The molecule has 1 rings (SSSR count). The van der Waals surface area contributed by atoms with E-state index in [0.29, 0.717) is 0 Å². The van der Waals surface area contributed by atoms with Crippen molar-refractivity contribution in [3.05, 3.63) is 12.0 Å². The molecule has 0 radical (unpaired) electrons. The van der Waals surface area contributed by atoms with Gasteiger partial charge in [-0.2, -0.15) is 0 Å². The van der Waals surface area contributed by atoms with Gasteiger partial charge in [-0.25, -0.2) is 9.71 Å². The first-order chi connectivity index (χ1) is 7.57. The predicted octanol–water partition coefficient (Wildman–Crippen LogP) is 2.30. The van der Waals surface area contributed by atoms with Crippen LogP contribution >= 0.6 is 0 Å². The number of halogens is 1. The molecule has 0 aromatic carbocycles. The highest BCUT2D eigenvalue weighted by atomic mass is 28.4. The molecule has 0 aromatic heterocycles. The normalized spacial score (nSPS) is 26.4. The predicted molar refractivity (Wildman–Crippen MR) is 71.9 cm³/mol. The van der Waals surface area contributed by atoms with Crippen LogP contribution in [0.15, 0.2) is 12.0 Å². The van der Waals surface area contributed by atoms with E-state index in [2.05, 4.69) is 30.3 Å². The van der Waals surface area contributed by atoms with Crippen molar-refractivity contribution in [1.82, 2.24) is 10.6 Å². The van der Waals surface area contributed by atoms with Gasteiger partial charge in [-0.3, -0.25) is 0 Å². The Morgan fingerprint density at radius 2 is 1.59 bits per heavy atom. The Balaban J connectivity index is 2.62. The molecule has 0 spiro atoms. The molecule has 2 unspecified atom stereocenters. The van der Waals surface area contributed by atoms with E-state index in [1.807, 2.05) is 19.6 Å². The highest BCUT2D eigenvalue weighted by Gasteiger charge is 2.31. The van der Waals surface area contributed by atoms with Crippen LogP contribution in [0.5, 0.6) is 0 Å². The topological polar surface area (TPSA) is 42.5 Å². The fourth-order valence-corrected chi connectivity index (χ4v) is 3.09. The van der Waals surface area contributed by atoms with E-state index < -0.39 is 22.9 Å². The highest BCUT2D eigenvalue weighted by molar-refractivity contribution is 6.70. The maximum Gasteiger partial charge on any atom is 0.188 e. The molecule has 17 heavy (non-hydrogen) atoms. The molecule has 0 aliphatic carbocycles. The average molecular weight is 278 g/mol. The molecular weight excluding hydrogens is 255 g/mol. The lowest BCUT2D eigenvalue weighted by atomic mass is 10.4. The van der Waals surface area contributed by atoms with Crippen LogP contribution in [0.3, 0.4) is 0 Å². The second kappa shape index (κ2) is 5.19. The second-order valence-electron chi connectivity index (χ2n) is 6.08. The molecule has 0 saturated heterocycles. The van der Waals surface area contributed by atoms with E-state index >= 15 is 0 Å². The summed E-state index contributed by atoms with van der Waals surface area (Å²) in [7, 11) is -3.47. The van der Waals surface area contributed by atoms with Gasteiger partial charge in [-0.05, 0) is 39.3 Å². The minimum atomic E-state index is -1.79. The van der Waals surface area contributed by atoms with E-state index in [1.54, 1.807) is 0 Å². The summed E-state index contributed by atoms with van der Waals surface area (Å²) in [6, 6.07) is 0. The summed E-state index contributed by atoms with van der Waals surface area (Å²) < 4.78 is 25.1. The molecule has 0 fully saturated rings. The molecule has 0 aromatic rings. The van der Waals surface area contributed by atoms with Crippen molar-refractivity contribution in [1.29, 1.82) is 0 Å². The molecule has 7 heteroatoms. The van der Waals surface area contributed by atoms with Gasteiger partial charge in [-0.15, -0.1) is 0 Å². The largest absolute Gasteiger partial charge is 0.397 e. The van der Waals surface area contributed by atoms with Gasteiger partial charge in [0.25, 0.3) is 0 Å². The summed E-state index contributed by atoms with van der Waals surface area (Å²) >= 11 is 0. The van der Waals surface area contributed by atoms with E-state index in [9.17, 15) is 4.39 Å². The Morgan fingerprint density at radius 1 is 1.06 bits per heavy atom. The number of hydrogen-bond donors (Lipinski definition) is 2. The molecule has 2 atom stereocenters. The molecular formula is C10H23FN2O2Si2. The lowest BCUT2D eigenvalue weighted by Crippen LogP contribution is -2.57. The fraction of sp³-hybridized carbons (Fsp3) is 0.800. The SMILES string of the molecule is C[Si](C)(C)OC1NC=C(F)C(O[Si](C)(C)C)N1. The third kappa shape index (κ3) is 5.78. The van der Waals surface area contributed by atoms with Crippen LogP contribution in [0, 0.1) is 0 Å². The summed E-state index contributed by atoms with van der Waals surface area (Å²) in [6.07, 6.45) is 0.262. The molecule has 0 amide bonds. The Kier molecular flexibility index (Phi) is 4.53. The van der Waals surface area contributed by atoms with Crippen LogP contribution in [0.4, 0.5) is 4.39 Å². The first kappa shape index (κ1) is 14.8. The first-order valence-corrected chi connectivity index (χ1v) is 12.6. The van der Waals surface area contributed by atoms with Crippen molar-refractivity contribution in [3.63, 3.8) is 0 Å². The maximum atomic E-state index is 13.6. The number of hydrogen-bond acceptors (Lipinski definition) is 4. The summed E-state index contributed by atoms with van der Waals surface area (Å²) in [5, 5.41) is 5.83. The third-order valence-corrected chi connectivity index (χ3v) is 3.75. The van der Waals surface area contributed by atoms with Gasteiger partial charge in [0, 0.05) is 6.20 Å². The lowest BCUT2D eigenvalue weighted by molar-refractivity contribution is 0.0441. The van der Waals surface area contributed by atoms with Gasteiger partial charge in [0.15, 0.2) is 35.0 Å². The highest BCUT2D eigenvalue weighted by Crippen LogP contribution is 2.17. The molecule has 4 nitrogen and oxygen atoms in total. The van der Waals surface area contributed by atoms with Crippen LogP contribution in [-0.4, -0.2) is 29.2 Å². The minimum absolute atomic E-state index is 0.331. The smallest absolute Gasteiger partial charge is 0.188 e. The van der Waals surface area contributed by atoms with E-state index in [-0.39, 0.29) is 12.2 Å². The number of nitrogens with one attached hydrogen (secondary N) is 2. The standard InChI is InChI=1S/C10H23FN2O2Si2/c1-16(2,3)14-9-8(11)7-12-10(13-9)15-17(4,5)6/h7,9-10,12-13H,1-6H3. The molecule has 1 aliphatic rings. The molecule has 1 aliphatic heterocycles. The number of rotatable bonds is 4. The third-order valence-electron chi connectivity index (χ3n) is 1.87. The van der Waals surface area contributed by atoms with Gasteiger partial charge in [0.1, 0.15) is 0 Å². The van der Waals surface area contributed by atoms with Crippen molar-refractivity contribution in [3.8, 4) is 0 Å². The summed E-state index contributed by atoms with van der Waals surface area (Å²) in [6.45, 7) is 12.3. The lowest BCUT2D eigenvalue weighted by Gasteiger charge is -2.35. The summed E-state index contributed by atoms with van der Waals surface area (Å²) in [4.78, 5) is 0. The van der Waals surface area contributed by atoms with Crippen molar-refractivity contribution in [2.24, 2.45) is 0 Å².